The molecule has 1 aromatic rings. The molecule has 0 spiro atoms. The van der Waals surface area contributed by atoms with Gasteiger partial charge in [0.2, 0.25) is 5.91 Å². The molecule has 0 aliphatic carbocycles. The van der Waals surface area contributed by atoms with Crippen LogP contribution in [-0.2, 0) is 29.7 Å². The summed E-state index contributed by atoms with van der Waals surface area (Å²) < 4.78 is 32.3. The number of nitrogens with one attached hydrogen (secondary N) is 1. The maximum atomic E-state index is 11.7. The Kier molecular flexibility index (Phi) is 6.90. The second-order valence-electron chi connectivity index (χ2n) is 3.95. The summed E-state index contributed by atoms with van der Waals surface area (Å²) >= 11 is 0.982. The third-order valence-electron chi connectivity index (χ3n) is 2.42. The maximum absolute atomic E-state index is 11.7. The van der Waals surface area contributed by atoms with E-state index >= 15 is 0 Å². The Balaban J connectivity index is 2.48. The van der Waals surface area contributed by atoms with E-state index in [-0.39, 0.29) is 22.6 Å². The van der Waals surface area contributed by atoms with E-state index in [4.69, 9.17) is 20.2 Å². The molecule has 1 amide bonds. The van der Waals surface area contributed by atoms with Crippen molar-refractivity contribution < 1.29 is 22.7 Å². The Morgan fingerprint density at radius 2 is 2.15 bits per heavy atom. The molecule has 0 saturated carbocycles. The predicted molar refractivity (Wildman–Crippen MR) is 76.7 cm³/mol. The van der Waals surface area contributed by atoms with Gasteiger partial charge < -0.3 is 14.8 Å². The monoisotopic (exact) mass is 341 g/mol. The Labute approximate surface area is 126 Å². The summed E-state index contributed by atoms with van der Waals surface area (Å²) in [7, 11) is 4.57. The molecule has 1 atom stereocenters. The zero-order valence-corrected chi connectivity index (χ0v) is 13.5. The van der Waals surface area contributed by atoms with Gasteiger partial charge in [-0.05, 0) is 12.1 Å². The molecule has 0 fully saturated rings. The summed E-state index contributed by atoms with van der Waals surface area (Å²) in [6.07, 6.45) is -0.119. The van der Waals surface area contributed by atoms with Crippen LogP contribution in [0.15, 0.2) is 16.3 Å². The van der Waals surface area contributed by atoms with Crippen LogP contribution in [0.4, 0.5) is 0 Å². The first-order valence-electron chi connectivity index (χ1n) is 5.68. The minimum absolute atomic E-state index is 0.0381. The second-order valence-corrected chi connectivity index (χ2v) is 7.91. The Bertz CT molecular complexity index is 543. The van der Waals surface area contributed by atoms with Gasteiger partial charge in [-0.3, -0.25) is 4.79 Å². The van der Waals surface area contributed by atoms with E-state index < -0.39 is 9.05 Å². The van der Waals surface area contributed by atoms with E-state index in [9.17, 15) is 13.2 Å². The van der Waals surface area contributed by atoms with Gasteiger partial charge in [0.1, 0.15) is 4.21 Å². The molecule has 0 bridgehead atoms. The number of carbonyl (C=O) groups excluding carboxylic acids is 1. The number of hydrogen-bond donors (Lipinski definition) is 1. The van der Waals surface area contributed by atoms with Crippen molar-refractivity contribution in [3.8, 4) is 0 Å². The molecule has 9 heteroatoms. The lowest BCUT2D eigenvalue weighted by atomic mass is 10.3. The molecule has 1 N–H and O–H groups in total. The van der Waals surface area contributed by atoms with Crippen molar-refractivity contribution in [3.63, 3.8) is 0 Å². The summed E-state index contributed by atoms with van der Waals surface area (Å²) in [5.41, 5.74) is 0. The number of halogens is 1. The predicted octanol–water partition coefficient (Wildman–Crippen LogP) is 0.996. The molecule has 114 valence electrons. The lowest BCUT2D eigenvalue weighted by molar-refractivity contribution is -0.121. The SMILES string of the molecule is COCC(CNC(=O)Cc1ccc(S(=O)(=O)Cl)s1)OC. The zero-order chi connectivity index (χ0) is 15.2. The highest BCUT2D eigenvalue weighted by Crippen LogP contribution is 2.24. The summed E-state index contributed by atoms with van der Waals surface area (Å²) in [4.78, 5) is 12.3. The van der Waals surface area contributed by atoms with Crippen molar-refractivity contribution in [1.82, 2.24) is 5.32 Å². The van der Waals surface area contributed by atoms with Gasteiger partial charge in [0, 0.05) is 36.3 Å². The van der Waals surface area contributed by atoms with Gasteiger partial charge in [0.25, 0.3) is 9.05 Å². The highest BCUT2D eigenvalue weighted by atomic mass is 35.7. The Morgan fingerprint density at radius 3 is 2.65 bits per heavy atom. The molecule has 0 aliphatic rings. The molecule has 0 aromatic carbocycles. The molecule has 1 unspecified atom stereocenters. The largest absolute Gasteiger partial charge is 0.382 e. The first kappa shape index (κ1) is 17.4. The number of carbonyl (C=O) groups is 1. The van der Waals surface area contributed by atoms with Crippen LogP contribution in [0.2, 0.25) is 0 Å². The molecule has 1 heterocycles. The Morgan fingerprint density at radius 1 is 1.45 bits per heavy atom. The van der Waals surface area contributed by atoms with Crippen molar-refractivity contribution in [2.45, 2.75) is 16.7 Å². The fraction of sp³-hybridized carbons (Fsp3) is 0.545. The van der Waals surface area contributed by atoms with Gasteiger partial charge in [-0.1, -0.05) is 0 Å². The topological polar surface area (TPSA) is 81.7 Å². The minimum Gasteiger partial charge on any atom is -0.382 e. The van der Waals surface area contributed by atoms with E-state index in [0.29, 0.717) is 18.0 Å². The van der Waals surface area contributed by atoms with Crippen LogP contribution in [-0.4, -0.2) is 47.8 Å². The summed E-state index contributed by atoms with van der Waals surface area (Å²) in [6.45, 7) is 0.708. The van der Waals surface area contributed by atoms with Gasteiger partial charge in [0.05, 0.1) is 19.1 Å². The van der Waals surface area contributed by atoms with Crippen LogP contribution in [0.3, 0.4) is 0 Å². The number of thiophene rings is 1. The molecule has 1 aromatic heterocycles. The van der Waals surface area contributed by atoms with E-state index in [2.05, 4.69) is 5.32 Å². The van der Waals surface area contributed by atoms with Crippen molar-refractivity contribution >= 4 is 37.0 Å². The minimum atomic E-state index is -3.73. The van der Waals surface area contributed by atoms with E-state index in [1.165, 1.54) is 13.2 Å². The first-order chi connectivity index (χ1) is 9.36. The van der Waals surface area contributed by atoms with Gasteiger partial charge in [-0.2, -0.15) is 0 Å². The molecule has 1 rings (SSSR count). The number of hydrogen-bond acceptors (Lipinski definition) is 6. The van der Waals surface area contributed by atoms with Gasteiger partial charge in [-0.25, -0.2) is 8.42 Å². The third kappa shape index (κ3) is 5.76. The van der Waals surface area contributed by atoms with Gasteiger partial charge in [-0.15, -0.1) is 11.3 Å². The summed E-state index contributed by atoms with van der Waals surface area (Å²) in [6, 6.07) is 2.96. The third-order valence-corrected chi connectivity index (χ3v) is 5.60. The Hall–Kier alpha value is -0.670. The lowest BCUT2D eigenvalue weighted by Crippen LogP contribution is -2.36. The van der Waals surface area contributed by atoms with Crippen LogP contribution in [0.5, 0.6) is 0 Å². The molecule has 6 nitrogen and oxygen atoms in total. The van der Waals surface area contributed by atoms with Crippen molar-refractivity contribution in [2.24, 2.45) is 0 Å². The molecular formula is C11H16ClNO5S2. The van der Waals surface area contributed by atoms with Crippen molar-refractivity contribution in [3.05, 3.63) is 17.0 Å². The standard InChI is InChI=1S/C11H16ClNO5S2/c1-17-7-8(18-2)6-13-10(14)5-9-3-4-11(19-9)20(12,15)16/h3-4,8H,5-7H2,1-2H3,(H,13,14). The van der Waals surface area contributed by atoms with Crippen LogP contribution in [0, 0.1) is 0 Å². The fourth-order valence-electron chi connectivity index (χ4n) is 1.43. The van der Waals surface area contributed by atoms with Crippen LogP contribution < -0.4 is 5.32 Å². The lowest BCUT2D eigenvalue weighted by Gasteiger charge is -2.14. The number of methoxy groups -OCH3 is 2. The first-order valence-corrected chi connectivity index (χ1v) is 8.81. The zero-order valence-electron chi connectivity index (χ0n) is 11.1. The summed E-state index contributed by atoms with van der Waals surface area (Å²) in [5.74, 6) is -0.219. The quantitative estimate of drug-likeness (QED) is 0.713. The van der Waals surface area contributed by atoms with E-state index in [1.807, 2.05) is 0 Å². The maximum Gasteiger partial charge on any atom is 0.270 e. The average molecular weight is 342 g/mol. The second kappa shape index (κ2) is 7.94. The van der Waals surface area contributed by atoms with Crippen molar-refractivity contribution in [2.75, 3.05) is 27.4 Å². The van der Waals surface area contributed by atoms with Gasteiger partial charge >= 0.3 is 0 Å². The van der Waals surface area contributed by atoms with E-state index in [0.717, 1.165) is 11.3 Å². The van der Waals surface area contributed by atoms with Crippen LogP contribution >= 0.6 is 22.0 Å². The van der Waals surface area contributed by atoms with Gasteiger partial charge in [0.15, 0.2) is 0 Å². The fourth-order valence-corrected chi connectivity index (χ4v) is 3.55. The summed E-state index contributed by atoms with van der Waals surface area (Å²) in [5, 5.41) is 2.70. The molecule has 0 aliphatic heterocycles. The number of amides is 1. The highest BCUT2D eigenvalue weighted by molar-refractivity contribution is 8.15. The highest BCUT2D eigenvalue weighted by Gasteiger charge is 2.15. The molecule has 20 heavy (non-hydrogen) atoms. The number of rotatable bonds is 8. The van der Waals surface area contributed by atoms with Crippen molar-refractivity contribution in [1.29, 1.82) is 0 Å². The van der Waals surface area contributed by atoms with Crippen LogP contribution in [0.1, 0.15) is 4.88 Å². The molecular weight excluding hydrogens is 326 g/mol. The normalized spacial score (nSPS) is 13.2. The molecule has 0 radical (unpaired) electrons. The number of ether oxygens (including phenoxy) is 2. The van der Waals surface area contributed by atoms with Crippen LogP contribution in [0.25, 0.3) is 0 Å². The smallest absolute Gasteiger partial charge is 0.270 e. The van der Waals surface area contributed by atoms with E-state index in [1.54, 1.807) is 13.2 Å². The average Bonchev–Trinajstić information content (AvgIpc) is 2.82. The molecule has 0 saturated heterocycles.